The number of rotatable bonds is 13. The highest BCUT2D eigenvalue weighted by Crippen LogP contribution is 2.29. The lowest BCUT2D eigenvalue weighted by Crippen LogP contribution is -2.41. The lowest BCUT2D eigenvalue weighted by atomic mass is 9.99. The molecule has 0 spiro atoms. The fourth-order valence-corrected chi connectivity index (χ4v) is 4.40. The van der Waals surface area contributed by atoms with Gasteiger partial charge in [-0.05, 0) is 56.8 Å². The molecule has 1 aromatic carbocycles. The second-order valence-corrected chi connectivity index (χ2v) is 8.90. The third-order valence-electron chi connectivity index (χ3n) is 6.36. The molecule has 3 atom stereocenters. The summed E-state index contributed by atoms with van der Waals surface area (Å²) >= 11 is 0. The second kappa shape index (κ2) is 12.4. The molecular formula is C24H37N7O3. The molecule has 2 aromatic rings. The summed E-state index contributed by atoms with van der Waals surface area (Å²) in [5.74, 6) is 1.83. The number of aromatic nitrogens is 3. The van der Waals surface area contributed by atoms with Crippen LogP contribution >= 0.6 is 0 Å². The molecule has 3 unspecified atom stereocenters. The minimum atomic E-state index is -0.910. The van der Waals surface area contributed by atoms with Gasteiger partial charge in [-0.25, -0.2) is 9.67 Å². The van der Waals surface area contributed by atoms with Crippen LogP contribution in [-0.4, -0.2) is 70.2 Å². The molecule has 0 saturated heterocycles. The van der Waals surface area contributed by atoms with Crippen molar-refractivity contribution >= 4 is 12.2 Å². The van der Waals surface area contributed by atoms with Crippen LogP contribution in [0.25, 0.3) is 0 Å². The van der Waals surface area contributed by atoms with E-state index in [2.05, 4.69) is 39.4 Å². The summed E-state index contributed by atoms with van der Waals surface area (Å²) < 4.78 is 13.5. The van der Waals surface area contributed by atoms with Gasteiger partial charge in [0.15, 0.2) is 0 Å². The number of unbranched alkanes of at least 4 members (excludes halogenated alkanes) is 2. The molecule has 3 heterocycles. The van der Waals surface area contributed by atoms with E-state index in [1.54, 1.807) is 6.33 Å². The van der Waals surface area contributed by atoms with Gasteiger partial charge >= 0.3 is 0 Å². The van der Waals surface area contributed by atoms with Crippen LogP contribution in [0.1, 0.15) is 49.9 Å². The fraction of sp³-hybridized carbons (Fsp3) is 0.625. The number of fused-ring (bicyclic) bond motifs is 2. The van der Waals surface area contributed by atoms with Crippen LogP contribution in [0.2, 0.25) is 0 Å². The van der Waals surface area contributed by atoms with Crippen molar-refractivity contribution in [3.8, 4) is 5.75 Å². The molecule has 10 heteroatoms. The van der Waals surface area contributed by atoms with Gasteiger partial charge in [0.05, 0.1) is 13.2 Å². The summed E-state index contributed by atoms with van der Waals surface area (Å²) in [5, 5.41) is 18.2. The number of nitrogens with one attached hydrogen (secondary N) is 1. The first-order chi connectivity index (χ1) is 16.7. The van der Waals surface area contributed by atoms with Crippen molar-refractivity contribution < 1.29 is 14.6 Å². The van der Waals surface area contributed by atoms with Crippen molar-refractivity contribution in [1.29, 1.82) is 0 Å². The van der Waals surface area contributed by atoms with Crippen molar-refractivity contribution in [3.63, 3.8) is 0 Å². The number of aliphatic imine (C=N–C) groups is 1. The Labute approximate surface area is 201 Å². The standard InChI is InChI=1S/C24H37N7O3/c1-18-15-27-23-28-17-29-31(23)22(18)26-11-3-2-4-13-33-21-8-5-7-19-9-12-30(16-20(19)21)24(32)34-14-6-10-25/h5,7-8,15,17-18,22,24,26,32H,2-4,6,9-14,16,25H2,1H3. The van der Waals surface area contributed by atoms with E-state index in [1.165, 1.54) is 5.56 Å². The summed E-state index contributed by atoms with van der Waals surface area (Å²) in [6.07, 6.45) is 7.38. The van der Waals surface area contributed by atoms with E-state index >= 15 is 0 Å². The summed E-state index contributed by atoms with van der Waals surface area (Å²) in [7, 11) is 0. The maximum atomic E-state index is 10.4. The molecule has 2 aliphatic heterocycles. The van der Waals surface area contributed by atoms with Gasteiger partial charge in [0.1, 0.15) is 18.2 Å². The van der Waals surface area contributed by atoms with E-state index in [4.69, 9.17) is 15.2 Å². The average Bonchev–Trinajstić information content (AvgIpc) is 3.33. The second-order valence-electron chi connectivity index (χ2n) is 8.90. The van der Waals surface area contributed by atoms with E-state index in [0.717, 1.165) is 56.5 Å². The van der Waals surface area contributed by atoms with Crippen LogP contribution in [0.15, 0.2) is 29.5 Å². The first-order valence-corrected chi connectivity index (χ1v) is 12.3. The predicted octanol–water partition coefficient (Wildman–Crippen LogP) is 1.97. The molecular weight excluding hydrogens is 434 g/mol. The molecule has 0 fully saturated rings. The summed E-state index contributed by atoms with van der Waals surface area (Å²) in [4.78, 5) is 10.4. The van der Waals surface area contributed by atoms with Gasteiger partial charge in [0.25, 0.3) is 0 Å². The first kappa shape index (κ1) is 24.7. The van der Waals surface area contributed by atoms with E-state index in [9.17, 15) is 5.11 Å². The molecule has 4 N–H and O–H groups in total. The molecule has 0 aliphatic carbocycles. The van der Waals surface area contributed by atoms with Crippen LogP contribution in [0.3, 0.4) is 0 Å². The number of hydrogen-bond donors (Lipinski definition) is 3. The Morgan fingerprint density at radius 2 is 2.15 bits per heavy atom. The molecule has 0 bridgehead atoms. The largest absolute Gasteiger partial charge is 0.493 e. The Kier molecular flexibility index (Phi) is 9.00. The monoisotopic (exact) mass is 471 g/mol. The number of benzene rings is 1. The Morgan fingerprint density at radius 1 is 1.24 bits per heavy atom. The number of aliphatic hydroxyl groups excluding tert-OH is 1. The Hall–Kier alpha value is -2.37. The number of ether oxygens (including phenoxy) is 2. The lowest BCUT2D eigenvalue weighted by Gasteiger charge is -2.33. The molecule has 10 nitrogen and oxygen atoms in total. The first-order valence-electron chi connectivity index (χ1n) is 12.3. The van der Waals surface area contributed by atoms with Crippen molar-refractivity contribution in [1.82, 2.24) is 25.0 Å². The van der Waals surface area contributed by atoms with Crippen molar-refractivity contribution in [2.45, 2.75) is 58.2 Å². The predicted molar refractivity (Wildman–Crippen MR) is 130 cm³/mol. The lowest BCUT2D eigenvalue weighted by molar-refractivity contribution is -0.198. The van der Waals surface area contributed by atoms with Crippen LogP contribution in [0.5, 0.6) is 5.75 Å². The highest BCUT2D eigenvalue weighted by Gasteiger charge is 2.25. The van der Waals surface area contributed by atoms with E-state index in [0.29, 0.717) is 32.3 Å². The van der Waals surface area contributed by atoms with Crippen LogP contribution in [0, 0.1) is 5.92 Å². The van der Waals surface area contributed by atoms with E-state index < -0.39 is 6.41 Å². The highest BCUT2D eigenvalue weighted by molar-refractivity contribution is 5.65. The summed E-state index contributed by atoms with van der Waals surface area (Å²) in [6.45, 7) is 6.10. The van der Waals surface area contributed by atoms with Crippen molar-refractivity contribution in [2.75, 3.05) is 32.8 Å². The maximum Gasteiger partial charge on any atom is 0.248 e. The SMILES string of the molecule is CC1C=Nc2ncnn2C1NCCCCCOc1cccc2c1CN(C(O)OCCCN)CC2. The summed E-state index contributed by atoms with van der Waals surface area (Å²) in [6, 6.07) is 6.21. The molecule has 0 amide bonds. The topological polar surface area (TPSA) is 123 Å². The number of hydrogen-bond acceptors (Lipinski definition) is 9. The Balaban J connectivity index is 1.18. The number of nitrogens with two attached hydrogens (primary N) is 1. The van der Waals surface area contributed by atoms with Gasteiger partial charge in [-0.2, -0.15) is 10.1 Å². The Morgan fingerprint density at radius 3 is 3.03 bits per heavy atom. The van der Waals surface area contributed by atoms with Crippen LogP contribution in [-0.2, 0) is 17.7 Å². The molecule has 4 rings (SSSR count). The summed E-state index contributed by atoms with van der Waals surface area (Å²) in [5.41, 5.74) is 7.94. The number of aliphatic hydroxyl groups is 1. The van der Waals surface area contributed by atoms with Crippen molar-refractivity contribution in [2.24, 2.45) is 16.6 Å². The van der Waals surface area contributed by atoms with Gasteiger partial charge in [0, 0.05) is 30.8 Å². The molecule has 186 valence electrons. The third-order valence-corrected chi connectivity index (χ3v) is 6.36. The van der Waals surface area contributed by atoms with Crippen LogP contribution in [0.4, 0.5) is 5.95 Å². The van der Waals surface area contributed by atoms with Gasteiger partial charge in [-0.1, -0.05) is 19.1 Å². The van der Waals surface area contributed by atoms with Crippen LogP contribution < -0.4 is 15.8 Å². The van der Waals surface area contributed by atoms with E-state index in [1.807, 2.05) is 21.9 Å². The minimum Gasteiger partial charge on any atom is -0.493 e. The van der Waals surface area contributed by atoms with Gasteiger partial charge in [-0.15, -0.1) is 0 Å². The normalized spacial score (nSPS) is 20.7. The molecule has 34 heavy (non-hydrogen) atoms. The van der Waals surface area contributed by atoms with Gasteiger partial charge in [-0.3, -0.25) is 10.2 Å². The number of nitrogens with zero attached hydrogens (tertiary/aromatic N) is 5. The molecule has 1 aromatic heterocycles. The third kappa shape index (κ3) is 6.19. The molecule has 2 aliphatic rings. The molecule has 0 radical (unpaired) electrons. The zero-order valence-electron chi connectivity index (χ0n) is 20.0. The quantitative estimate of drug-likeness (QED) is 0.299. The van der Waals surface area contributed by atoms with Gasteiger partial charge < -0.3 is 20.3 Å². The average molecular weight is 472 g/mol. The zero-order valence-corrected chi connectivity index (χ0v) is 20.0. The minimum absolute atomic E-state index is 0.0969. The van der Waals surface area contributed by atoms with Crippen molar-refractivity contribution in [3.05, 3.63) is 35.7 Å². The van der Waals surface area contributed by atoms with E-state index in [-0.39, 0.29) is 12.1 Å². The van der Waals surface area contributed by atoms with Gasteiger partial charge in [0.2, 0.25) is 12.4 Å². The molecule has 0 saturated carbocycles. The smallest absolute Gasteiger partial charge is 0.248 e. The zero-order chi connectivity index (χ0) is 23.8. The highest BCUT2D eigenvalue weighted by atomic mass is 16.6. The maximum absolute atomic E-state index is 10.4. The fourth-order valence-electron chi connectivity index (χ4n) is 4.40. The Bertz CT molecular complexity index is 935.